The third kappa shape index (κ3) is 7.39. The van der Waals surface area contributed by atoms with Gasteiger partial charge in [0.25, 0.3) is 0 Å². The highest BCUT2D eigenvalue weighted by Crippen LogP contribution is 2.34. The molecule has 0 amide bonds. The van der Waals surface area contributed by atoms with Gasteiger partial charge in [-0.3, -0.25) is 4.79 Å². The Morgan fingerprint density at radius 2 is 1.87 bits per heavy atom. The smallest absolute Gasteiger partial charge is 0.309 e. The van der Waals surface area contributed by atoms with E-state index in [1.165, 1.54) is 0 Å². The summed E-state index contributed by atoms with van der Waals surface area (Å²) < 4.78 is 21.9. The van der Waals surface area contributed by atoms with E-state index in [1.807, 2.05) is 32.0 Å². The maximum Gasteiger partial charge on any atom is 0.309 e. The number of carbonyl (C=O) groups excluding carboxylic acids is 1. The molecular weight excluding hydrogens is 396 g/mol. The van der Waals surface area contributed by atoms with Crippen molar-refractivity contribution in [2.24, 2.45) is 23.7 Å². The van der Waals surface area contributed by atoms with E-state index in [9.17, 15) is 9.90 Å². The number of methoxy groups -OCH3 is 2. The van der Waals surface area contributed by atoms with Crippen molar-refractivity contribution in [3.05, 3.63) is 23.8 Å². The average molecular weight is 437 g/mol. The third-order valence-corrected chi connectivity index (χ3v) is 6.25. The number of rotatable bonds is 13. The number of ether oxygens (including phenoxy) is 4. The highest BCUT2D eigenvalue weighted by molar-refractivity contribution is 5.75. The predicted octanol–water partition coefficient (Wildman–Crippen LogP) is 4.26. The quantitative estimate of drug-likeness (QED) is 0.368. The van der Waals surface area contributed by atoms with E-state index >= 15 is 0 Å². The largest absolute Gasteiger partial charge is 0.493 e. The van der Waals surface area contributed by atoms with Crippen molar-refractivity contribution in [1.82, 2.24) is 0 Å². The first kappa shape index (κ1) is 25.5. The van der Waals surface area contributed by atoms with E-state index in [-0.39, 0.29) is 23.7 Å². The number of carbonyl (C=O) groups is 1. The Bertz CT molecular complexity index is 687. The molecule has 1 heterocycles. The van der Waals surface area contributed by atoms with E-state index in [2.05, 4.69) is 13.8 Å². The summed E-state index contributed by atoms with van der Waals surface area (Å²) in [4.78, 5) is 12.1. The van der Waals surface area contributed by atoms with E-state index < -0.39 is 12.2 Å². The Kier molecular flexibility index (Phi) is 10.1. The molecule has 0 bridgehead atoms. The molecular formula is C25H40O6. The molecule has 4 atom stereocenters. The molecule has 1 N–H and O–H groups in total. The molecule has 1 aliphatic rings. The van der Waals surface area contributed by atoms with Gasteiger partial charge in [-0.15, -0.1) is 0 Å². The van der Waals surface area contributed by atoms with Crippen LogP contribution in [0.25, 0.3) is 0 Å². The summed E-state index contributed by atoms with van der Waals surface area (Å²) in [6, 6.07) is 6.01. The maximum atomic E-state index is 12.1. The number of cyclic esters (lactones) is 1. The van der Waals surface area contributed by atoms with Crippen LogP contribution in [0, 0.1) is 23.7 Å². The molecule has 0 spiro atoms. The Morgan fingerprint density at radius 1 is 1.13 bits per heavy atom. The van der Waals surface area contributed by atoms with Gasteiger partial charge in [0.15, 0.2) is 11.5 Å². The van der Waals surface area contributed by atoms with Crippen LogP contribution in [0.1, 0.15) is 52.5 Å². The number of aliphatic hydroxyl groups is 1. The molecule has 31 heavy (non-hydrogen) atoms. The third-order valence-electron chi connectivity index (χ3n) is 6.25. The normalized spacial score (nSPS) is 20.7. The van der Waals surface area contributed by atoms with Crippen LogP contribution < -0.4 is 9.47 Å². The van der Waals surface area contributed by atoms with Crippen LogP contribution in [0.5, 0.6) is 11.5 Å². The lowest BCUT2D eigenvalue weighted by molar-refractivity contribution is -0.149. The van der Waals surface area contributed by atoms with Crippen molar-refractivity contribution < 1.29 is 28.8 Å². The Hall–Kier alpha value is -1.79. The number of hydrogen-bond acceptors (Lipinski definition) is 6. The van der Waals surface area contributed by atoms with E-state index in [0.717, 1.165) is 24.2 Å². The SMILES string of the molecule is COCCCOc1cc(C[C@@H](C[C@@H](O)[C@H]2C[C@@H](C(C)C)C(=O)O2)C(C)C)ccc1OC. The molecule has 0 aliphatic carbocycles. The summed E-state index contributed by atoms with van der Waals surface area (Å²) >= 11 is 0. The molecule has 0 saturated carbocycles. The Morgan fingerprint density at radius 3 is 2.45 bits per heavy atom. The highest BCUT2D eigenvalue weighted by Gasteiger charge is 2.40. The highest BCUT2D eigenvalue weighted by atomic mass is 16.6. The van der Waals surface area contributed by atoms with Gasteiger partial charge in [-0.2, -0.15) is 0 Å². The first-order valence-corrected chi connectivity index (χ1v) is 11.4. The number of esters is 1. The monoisotopic (exact) mass is 436 g/mol. The van der Waals surface area contributed by atoms with Gasteiger partial charge in [-0.1, -0.05) is 33.8 Å². The molecule has 2 rings (SSSR count). The van der Waals surface area contributed by atoms with Gasteiger partial charge in [0.05, 0.1) is 25.7 Å². The lowest BCUT2D eigenvalue weighted by Crippen LogP contribution is -2.30. The minimum atomic E-state index is -0.650. The minimum absolute atomic E-state index is 0.114. The predicted molar refractivity (Wildman–Crippen MR) is 120 cm³/mol. The van der Waals surface area contributed by atoms with E-state index in [4.69, 9.17) is 18.9 Å². The van der Waals surface area contributed by atoms with Crippen LogP contribution >= 0.6 is 0 Å². The van der Waals surface area contributed by atoms with Crippen molar-refractivity contribution in [1.29, 1.82) is 0 Å². The van der Waals surface area contributed by atoms with Crippen LogP contribution in [-0.2, 0) is 20.7 Å². The summed E-state index contributed by atoms with van der Waals surface area (Å²) in [5.74, 6) is 2.00. The van der Waals surface area contributed by atoms with Crippen LogP contribution in [0.4, 0.5) is 0 Å². The van der Waals surface area contributed by atoms with Crippen LogP contribution in [0.15, 0.2) is 18.2 Å². The first-order valence-electron chi connectivity index (χ1n) is 11.4. The van der Waals surface area contributed by atoms with Gasteiger partial charge < -0.3 is 24.1 Å². The summed E-state index contributed by atoms with van der Waals surface area (Å²) in [6.07, 6.45) is 1.75. The molecule has 0 unspecified atom stereocenters. The zero-order valence-corrected chi connectivity index (χ0v) is 19.9. The van der Waals surface area contributed by atoms with E-state index in [0.29, 0.717) is 37.7 Å². The Labute approximate surface area is 187 Å². The van der Waals surface area contributed by atoms with Crippen LogP contribution in [0.3, 0.4) is 0 Å². The molecule has 1 aromatic rings. The minimum Gasteiger partial charge on any atom is -0.493 e. The molecule has 6 heteroatoms. The van der Waals surface area contributed by atoms with Gasteiger partial charge in [0.2, 0.25) is 0 Å². The van der Waals surface area contributed by atoms with Crippen molar-refractivity contribution >= 4 is 5.97 Å². The zero-order valence-electron chi connectivity index (χ0n) is 19.9. The lowest BCUT2D eigenvalue weighted by Gasteiger charge is -2.26. The summed E-state index contributed by atoms with van der Waals surface area (Å²) in [6.45, 7) is 9.59. The summed E-state index contributed by atoms with van der Waals surface area (Å²) in [7, 11) is 3.31. The second-order valence-corrected chi connectivity index (χ2v) is 9.25. The Balaban J connectivity index is 2.03. The van der Waals surface area contributed by atoms with Crippen LogP contribution in [-0.4, -0.2) is 50.7 Å². The zero-order chi connectivity index (χ0) is 23.0. The standard InChI is InChI=1S/C25H40O6/c1-16(2)19(14-21(26)23-15-20(17(3)4)25(27)31-23)12-18-8-9-22(29-6)24(13-18)30-11-7-10-28-5/h8-9,13,16-17,19-21,23,26H,7,10-12,14-15H2,1-6H3/t19-,20-,21+,23+/m0/s1. The van der Waals surface area contributed by atoms with Crippen molar-refractivity contribution in [3.8, 4) is 11.5 Å². The second kappa shape index (κ2) is 12.3. The van der Waals surface area contributed by atoms with Gasteiger partial charge in [-0.25, -0.2) is 0 Å². The maximum absolute atomic E-state index is 12.1. The molecule has 0 aromatic heterocycles. The fraction of sp³-hybridized carbons (Fsp3) is 0.720. The number of aliphatic hydroxyl groups excluding tert-OH is 1. The van der Waals surface area contributed by atoms with Crippen LogP contribution in [0.2, 0.25) is 0 Å². The fourth-order valence-electron chi connectivity index (χ4n) is 4.11. The number of hydrogen-bond donors (Lipinski definition) is 1. The molecule has 1 aromatic carbocycles. The van der Waals surface area contributed by atoms with Gasteiger partial charge in [0.1, 0.15) is 6.10 Å². The van der Waals surface area contributed by atoms with Crippen molar-refractivity contribution in [3.63, 3.8) is 0 Å². The fourth-order valence-corrected chi connectivity index (χ4v) is 4.11. The average Bonchev–Trinajstić information content (AvgIpc) is 3.13. The molecule has 176 valence electrons. The molecule has 6 nitrogen and oxygen atoms in total. The topological polar surface area (TPSA) is 74.2 Å². The van der Waals surface area contributed by atoms with Gasteiger partial charge in [0, 0.05) is 26.6 Å². The molecule has 0 radical (unpaired) electrons. The molecule has 1 aliphatic heterocycles. The van der Waals surface area contributed by atoms with E-state index in [1.54, 1.807) is 14.2 Å². The number of benzene rings is 1. The van der Waals surface area contributed by atoms with Crippen molar-refractivity contribution in [2.75, 3.05) is 27.4 Å². The summed E-state index contributed by atoms with van der Waals surface area (Å²) in [5, 5.41) is 10.8. The second-order valence-electron chi connectivity index (χ2n) is 9.25. The molecule has 1 fully saturated rings. The summed E-state index contributed by atoms with van der Waals surface area (Å²) in [5.41, 5.74) is 1.14. The molecule has 1 saturated heterocycles. The van der Waals surface area contributed by atoms with Gasteiger partial charge in [-0.05, 0) is 48.3 Å². The van der Waals surface area contributed by atoms with Crippen molar-refractivity contribution in [2.45, 2.75) is 65.6 Å². The van der Waals surface area contributed by atoms with Gasteiger partial charge >= 0.3 is 5.97 Å². The first-order chi connectivity index (χ1) is 14.8. The lowest BCUT2D eigenvalue weighted by atomic mass is 9.82.